The Kier molecular flexibility index (Phi) is 7.53. The van der Waals surface area contributed by atoms with Crippen molar-refractivity contribution in [3.05, 3.63) is 35.3 Å². The highest BCUT2D eigenvalue weighted by Gasteiger charge is 2.37. The van der Waals surface area contributed by atoms with Gasteiger partial charge in [-0.25, -0.2) is 4.98 Å². The molecule has 0 spiro atoms. The number of hydrogen-bond acceptors (Lipinski definition) is 9. The predicted octanol–water partition coefficient (Wildman–Crippen LogP) is 2.73. The van der Waals surface area contributed by atoms with Gasteiger partial charge in [0.15, 0.2) is 5.75 Å². The number of rotatable bonds is 3. The van der Waals surface area contributed by atoms with Gasteiger partial charge < -0.3 is 24.6 Å². The van der Waals surface area contributed by atoms with Gasteiger partial charge in [-0.05, 0) is 52.3 Å². The highest BCUT2D eigenvalue weighted by Crippen LogP contribution is 2.44. The number of aromatic nitrogens is 2. The van der Waals surface area contributed by atoms with Gasteiger partial charge >= 0.3 is 0 Å². The lowest BCUT2D eigenvalue weighted by atomic mass is 10.0. The molecule has 2 aromatic heterocycles. The fourth-order valence-corrected chi connectivity index (χ4v) is 6.34. The second kappa shape index (κ2) is 11.2. The van der Waals surface area contributed by atoms with E-state index in [1.54, 1.807) is 6.92 Å². The molecule has 1 amide bonds. The van der Waals surface area contributed by atoms with Crippen molar-refractivity contribution in [2.45, 2.75) is 45.4 Å². The number of amides is 1. The zero-order valence-corrected chi connectivity index (χ0v) is 23.9. The molecule has 3 saturated heterocycles. The second-order valence-electron chi connectivity index (χ2n) is 11.1. The topological polar surface area (TPSA) is 86.3 Å². The lowest BCUT2D eigenvalue weighted by molar-refractivity contribution is -0.132. The molecule has 6 rings (SSSR count). The van der Waals surface area contributed by atoms with Crippen LogP contribution in [0, 0.1) is 18.8 Å². The quantitative estimate of drug-likeness (QED) is 0.585. The molecule has 10 nitrogen and oxygen atoms in total. The summed E-state index contributed by atoms with van der Waals surface area (Å²) in [5, 5.41) is 3.62. The third kappa shape index (κ3) is 5.09. The largest absolute Gasteiger partial charge is 0.482 e. The maximum Gasteiger partial charge on any atom is 0.298 e. The van der Waals surface area contributed by atoms with Crippen LogP contribution in [0.3, 0.4) is 0 Å². The molecule has 1 N–H and O–H groups in total. The van der Waals surface area contributed by atoms with Gasteiger partial charge in [0.1, 0.15) is 11.9 Å². The van der Waals surface area contributed by atoms with E-state index in [0.717, 1.165) is 105 Å². The van der Waals surface area contributed by atoms with Crippen LogP contribution >= 0.6 is 0 Å². The summed E-state index contributed by atoms with van der Waals surface area (Å²) in [6, 6.07) is 4.82. The van der Waals surface area contributed by atoms with Gasteiger partial charge in [-0.2, -0.15) is 0 Å². The number of nitrogens with zero attached hydrogens (tertiary/aromatic N) is 6. The third-order valence-corrected chi connectivity index (χ3v) is 8.64. The third-order valence-electron chi connectivity index (χ3n) is 8.64. The monoisotopic (exact) mass is 545 g/mol. The second-order valence-corrected chi connectivity index (χ2v) is 11.1. The van der Waals surface area contributed by atoms with Gasteiger partial charge in [0, 0.05) is 63.7 Å². The van der Waals surface area contributed by atoms with Crippen LogP contribution in [0.15, 0.2) is 18.3 Å². The number of nitrogens with one attached hydrogen (secondary N) is 1. The van der Waals surface area contributed by atoms with Crippen molar-refractivity contribution in [2.24, 2.45) is 0 Å². The first kappa shape index (κ1) is 26.8. The standard InChI is InChI=1S/C30H39N7O3/c1-5-6-27(38)37-18-22(19-37)35-10-8-25(34(4)11-12-35)23-17-24-29(20(2)32-23)40-21(3)28-26(7-9-31-30(28)33-24)36-13-15-39-16-14-36/h7,9,17,21-22,25H,8,10-16,18-19H2,1-4H3,(H,31,33)/t21-,25+/m1/s1. The molecule has 0 aromatic carbocycles. The Morgan fingerprint density at radius 2 is 1.95 bits per heavy atom. The number of fused-ring (bicyclic) bond motifs is 2. The zero-order valence-electron chi connectivity index (χ0n) is 23.9. The number of anilines is 3. The number of hydrogen-bond donors (Lipinski definition) is 1. The summed E-state index contributed by atoms with van der Waals surface area (Å²) in [7, 11) is 2.18. The Morgan fingerprint density at radius 3 is 2.73 bits per heavy atom. The molecule has 4 aliphatic rings. The lowest BCUT2D eigenvalue weighted by Gasteiger charge is -2.44. The molecule has 3 fully saturated rings. The molecular formula is C30H39N7O3. The summed E-state index contributed by atoms with van der Waals surface area (Å²) >= 11 is 0. The molecule has 0 unspecified atom stereocenters. The van der Waals surface area contributed by atoms with Crippen LogP contribution in [-0.2, 0) is 9.53 Å². The maximum atomic E-state index is 12.1. The van der Waals surface area contributed by atoms with Crippen LogP contribution in [0.25, 0.3) is 0 Å². The van der Waals surface area contributed by atoms with Gasteiger partial charge in [-0.15, -0.1) is 0 Å². The highest BCUT2D eigenvalue weighted by molar-refractivity contribution is 5.94. The Balaban J connectivity index is 1.21. The lowest BCUT2D eigenvalue weighted by Crippen LogP contribution is -2.61. The van der Waals surface area contributed by atoms with Crippen LogP contribution in [0.4, 0.5) is 17.2 Å². The van der Waals surface area contributed by atoms with Crippen molar-refractivity contribution in [1.29, 1.82) is 0 Å². The number of carbonyl (C=O) groups is 1. The first-order chi connectivity index (χ1) is 19.4. The minimum atomic E-state index is -0.173. The molecular weight excluding hydrogens is 506 g/mol. The fraction of sp³-hybridized carbons (Fsp3) is 0.567. The van der Waals surface area contributed by atoms with Gasteiger partial charge in [0.2, 0.25) is 0 Å². The van der Waals surface area contributed by atoms with Crippen LogP contribution in [-0.4, -0.2) is 103 Å². The molecule has 0 bridgehead atoms. The number of likely N-dealkylation sites (N-methyl/N-ethyl adjacent to an activating group) is 1. The number of pyridine rings is 2. The van der Waals surface area contributed by atoms with E-state index in [1.165, 1.54) is 0 Å². The molecule has 40 heavy (non-hydrogen) atoms. The van der Waals surface area contributed by atoms with Gasteiger partial charge in [0.25, 0.3) is 5.91 Å². The maximum absolute atomic E-state index is 12.1. The SMILES string of the molecule is CC#CC(=O)N1CC(N2CC[C@@H](c3cc4c(c(C)n3)O[C@H](C)c3c(N5CCOCC5)ccnc3N4)N(C)CC2)C1. The molecule has 2 atom stereocenters. The van der Waals surface area contributed by atoms with Crippen LogP contribution in [0.2, 0.25) is 0 Å². The van der Waals surface area contributed by atoms with E-state index >= 15 is 0 Å². The number of morpholine rings is 1. The van der Waals surface area contributed by atoms with E-state index in [2.05, 4.69) is 58.0 Å². The molecule has 0 radical (unpaired) electrons. The van der Waals surface area contributed by atoms with Crippen LogP contribution < -0.4 is 15.0 Å². The molecule has 0 saturated carbocycles. The smallest absolute Gasteiger partial charge is 0.298 e. The van der Waals surface area contributed by atoms with Crippen molar-refractivity contribution < 1.29 is 14.3 Å². The van der Waals surface area contributed by atoms with Crippen molar-refractivity contribution in [3.8, 4) is 17.6 Å². The van der Waals surface area contributed by atoms with Crippen molar-refractivity contribution in [3.63, 3.8) is 0 Å². The van der Waals surface area contributed by atoms with E-state index in [1.807, 2.05) is 18.0 Å². The summed E-state index contributed by atoms with van der Waals surface area (Å²) in [4.78, 5) is 31.0. The first-order valence-corrected chi connectivity index (χ1v) is 14.4. The van der Waals surface area contributed by atoms with Crippen molar-refractivity contribution in [1.82, 2.24) is 24.7 Å². The average molecular weight is 546 g/mol. The molecule has 2 aromatic rings. The van der Waals surface area contributed by atoms with Gasteiger partial charge in [-0.3, -0.25) is 19.6 Å². The number of likely N-dealkylation sites (tertiary alicyclic amines) is 1. The Hall–Kier alpha value is -3.39. The van der Waals surface area contributed by atoms with E-state index < -0.39 is 0 Å². The van der Waals surface area contributed by atoms with Crippen LogP contribution in [0.1, 0.15) is 49.4 Å². The number of ether oxygens (including phenoxy) is 2. The normalized spacial score (nSPS) is 23.8. The van der Waals surface area contributed by atoms with Crippen molar-refractivity contribution in [2.75, 3.05) is 76.3 Å². The van der Waals surface area contributed by atoms with Crippen molar-refractivity contribution >= 4 is 23.1 Å². The van der Waals surface area contributed by atoms with Gasteiger partial charge in [-0.1, -0.05) is 5.92 Å². The number of aryl methyl sites for hydroxylation is 1. The van der Waals surface area contributed by atoms with E-state index in [9.17, 15) is 4.79 Å². The minimum Gasteiger partial charge on any atom is -0.482 e. The Bertz CT molecular complexity index is 1330. The molecule has 6 heterocycles. The summed E-state index contributed by atoms with van der Waals surface area (Å²) in [6.45, 7) is 13.4. The summed E-state index contributed by atoms with van der Waals surface area (Å²) in [5.74, 6) is 6.93. The van der Waals surface area contributed by atoms with E-state index in [0.29, 0.717) is 6.04 Å². The Morgan fingerprint density at radius 1 is 1.15 bits per heavy atom. The minimum absolute atomic E-state index is 0.0645. The molecule has 212 valence electrons. The predicted molar refractivity (Wildman–Crippen MR) is 154 cm³/mol. The zero-order chi connectivity index (χ0) is 27.8. The first-order valence-electron chi connectivity index (χ1n) is 14.4. The fourth-order valence-electron chi connectivity index (χ4n) is 6.34. The molecule has 10 heteroatoms. The molecule has 4 aliphatic heterocycles. The van der Waals surface area contributed by atoms with Gasteiger partial charge in [0.05, 0.1) is 41.9 Å². The summed E-state index contributed by atoms with van der Waals surface area (Å²) in [5.41, 5.74) is 5.06. The summed E-state index contributed by atoms with van der Waals surface area (Å²) < 4.78 is 12.2. The Labute approximate surface area is 236 Å². The molecule has 0 aliphatic carbocycles. The van der Waals surface area contributed by atoms with E-state index in [4.69, 9.17) is 19.4 Å². The average Bonchev–Trinajstić information content (AvgIpc) is 3.20. The number of carbonyl (C=O) groups excluding carboxylic acids is 1. The summed E-state index contributed by atoms with van der Waals surface area (Å²) in [6.07, 6.45) is 2.67. The van der Waals surface area contributed by atoms with Crippen LogP contribution in [0.5, 0.6) is 5.75 Å². The highest BCUT2D eigenvalue weighted by atomic mass is 16.5. The van der Waals surface area contributed by atoms with E-state index in [-0.39, 0.29) is 18.1 Å².